The molecule has 20 heavy (non-hydrogen) atoms. The maximum Gasteiger partial charge on any atom is 0.139 e. The van der Waals surface area contributed by atoms with E-state index < -0.39 is 0 Å². The molecule has 3 aromatic rings. The molecule has 3 heterocycles. The van der Waals surface area contributed by atoms with Crippen molar-refractivity contribution in [3.05, 3.63) is 54.5 Å². The van der Waals surface area contributed by atoms with Gasteiger partial charge in [0.2, 0.25) is 0 Å². The molecule has 0 aromatic carbocycles. The van der Waals surface area contributed by atoms with E-state index in [1.807, 2.05) is 18.7 Å². The molecule has 1 atom stereocenters. The summed E-state index contributed by atoms with van der Waals surface area (Å²) in [7, 11) is 0. The van der Waals surface area contributed by atoms with E-state index in [0.717, 1.165) is 18.7 Å². The molecule has 3 aromatic heterocycles. The van der Waals surface area contributed by atoms with Crippen molar-refractivity contribution in [2.45, 2.75) is 33.0 Å². The van der Waals surface area contributed by atoms with Gasteiger partial charge in [-0.15, -0.1) is 0 Å². The zero-order valence-corrected chi connectivity index (χ0v) is 11.8. The molecule has 0 spiro atoms. The lowest BCUT2D eigenvalue weighted by Gasteiger charge is -2.14. The highest BCUT2D eigenvalue weighted by atomic mass is 15.1. The van der Waals surface area contributed by atoms with E-state index in [9.17, 15) is 0 Å². The zero-order chi connectivity index (χ0) is 13.9. The van der Waals surface area contributed by atoms with E-state index >= 15 is 0 Å². The number of hydrogen-bond acceptors (Lipinski definition) is 3. The third-order valence-corrected chi connectivity index (χ3v) is 3.48. The van der Waals surface area contributed by atoms with Crippen molar-refractivity contribution in [1.29, 1.82) is 0 Å². The van der Waals surface area contributed by atoms with Crippen LogP contribution in [0.3, 0.4) is 0 Å². The molecule has 5 heteroatoms. The van der Waals surface area contributed by atoms with Crippen LogP contribution in [-0.4, -0.2) is 25.0 Å². The Kier molecular flexibility index (Phi) is 3.52. The minimum Gasteiger partial charge on any atom is -0.336 e. The number of aryl methyl sites for hydroxylation is 1. The number of imidazole rings is 2. The van der Waals surface area contributed by atoms with E-state index in [1.165, 1.54) is 11.3 Å². The number of fused-ring (bicyclic) bond motifs is 1. The molecule has 104 valence electrons. The van der Waals surface area contributed by atoms with Crippen LogP contribution in [0.1, 0.15) is 18.2 Å². The second-order valence-electron chi connectivity index (χ2n) is 5.18. The summed E-state index contributed by atoms with van der Waals surface area (Å²) in [5, 5.41) is 3.53. The molecule has 0 bridgehead atoms. The van der Waals surface area contributed by atoms with Crippen LogP contribution >= 0.6 is 0 Å². The molecule has 5 nitrogen and oxygen atoms in total. The van der Waals surface area contributed by atoms with Gasteiger partial charge in [0.25, 0.3) is 0 Å². The fourth-order valence-corrected chi connectivity index (χ4v) is 2.39. The molecule has 0 aliphatic rings. The first kappa shape index (κ1) is 12.9. The molecule has 3 rings (SSSR count). The molecule has 0 aliphatic heterocycles. The smallest absolute Gasteiger partial charge is 0.139 e. The van der Waals surface area contributed by atoms with Gasteiger partial charge in [-0.1, -0.05) is 6.07 Å². The standard InChI is InChI=1S/C15H19N5/c1-12-4-3-6-20-14(9-18-15(12)20)8-17-13(2)10-19-7-5-16-11-19/h3-7,9,11,13,17H,8,10H2,1-2H3. The molecule has 0 radical (unpaired) electrons. The Morgan fingerprint density at radius 2 is 2.25 bits per heavy atom. The Labute approximate surface area is 118 Å². The number of pyridine rings is 1. The predicted molar refractivity (Wildman–Crippen MR) is 78.5 cm³/mol. The van der Waals surface area contributed by atoms with Gasteiger partial charge in [0, 0.05) is 37.7 Å². The highest BCUT2D eigenvalue weighted by Crippen LogP contribution is 2.11. The fourth-order valence-electron chi connectivity index (χ4n) is 2.39. The quantitative estimate of drug-likeness (QED) is 0.771. The summed E-state index contributed by atoms with van der Waals surface area (Å²) in [4.78, 5) is 8.54. The number of nitrogens with zero attached hydrogens (tertiary/aromatic N) is 4. The molecular formula is C15H19N5. The van der Waals surface area contributed by atoms with Crippen molar-refractivity contribution in [2.24, 2.45) is 0 Å². The van der Waals surface area contributed by atoms with E-state index in [-0.39, 0.29) is 0 Å². The van der Waals surface area contributed by atoms with Gasteiger partial charge in [-0.05, 0) is 25.5 Å². The Balaban J connectivity index is 1.66. The second-order valence-corrected chi connectivity index (χ2v) is 5.18. The SMILES string of the molecule is Cc1cccn2c(CNC(C)Cn3ccnc3)cnc12. The van der Waals surface area contributed by atoms with Crippen LogP contribution in [0, 0.1) is 6.92 Å². The van der Waals surface area contributed by atoms with Gasteiger partial charge in [-0.2, -0.15) is 0 Å². The maximum absolute atomic E-state index is 4.48. The van der Waals surface area contributed by atoms with Gasteiger partial charge in [-0.3, -0.25) is 0 Å². The van der Waals surface area contributed by atoms with Gasteiger partial charge in [0.05, 0.1) is 18.2 Å². The highest BCUT2D eigenvalue weighted by molar-refractivity contribution is 5.48. The van der Waals surface area contributed by atoms with Gasteiger partial charge < -0.3 is 14.3 Å². The molecule has 1 unspecified atom stereocenters. The molecule has 1 N–H and O–H groups in total. The predicted octanol–water partition coefficient (Wildman–Crippen LogP) is 2.02. The van der Waals surface area contributed by atoms with Gasteiger partial charge >= 0.3 is 0 Å². The van der Waals surface area contributed by atoms with Crippen LogP contribution in [0.25, 0.3) is 5.65 Å². The van der Waals surface area contributed by atoms with E-state index in [2.05, 4.69) is 56.4 Å². The number of rotatable bonds is 5. The van der Waals surface area contributed by atoms with Crippen LogP contribution in [0.5, 0.6) is 0 Å². The van der Waals surface area contributed by atoms with E-state index in [0.29, 0.717) is 6.04 Å². The van der Waals surface area contributed by atoms with E-state index in [4.69, 9.17) is 0 Å². The monoisotopic (exact) mass is 269 g/mol. The van der Waals surface area contributed by atoms with Crippen molar-refractivity contribution in [2.75, 3.05) is 0 Å². The third-order valence-electron chi connectivity index (χ3n) is 3.48. The molecule has 0 aliphatic carbocycles. The zero-order valence-electron chi connectivity index (χ0n) is 11.8. The van der Waals surface area contributed by atoms with Gasteiger partial charge in [-0.25, -0.2) is 9.97 Å². The Bertz CT molecular complexity index is 683. The number of hydrogen-bond donors (Lipinski definition) is 1. The lowest BCUT2D eigenvalue weighted by molar-refractivity contribution is 0.472. The van der Waals surface area contributed by atoms with Crippen LogP contribution in [0.2, 0.25) is 0 Å². The molecule has 0 saturated heterocycles. The molecular weight excluding hydrogens is 250 g/mol. The Hall–Kier alpha value is -2.14. The van der Waals surface area contributed by atoms with Crippen LogP contribution < -0.4 is 5.32 Å². The topological polar surface area (TPSA) is 47.1 Å². The molecule has 0 amide bonds. The summed E-state index contributed by atoms with van der Waals surface area (Å²) < 4.78 is 4.22. The van der Waals surface area contributed by atoms with Gasteiger partial charge in [0.1, 0.15) is 5.65 Å². The van der Waals surface area contributed by atoms with Crippen LogP contribution in [0.4, 0.5) is 0 Å². The largest absolute Gasteiger partial charge is 0.336 e. The first-order valence-corrected chi connectivity index (χ1v) is 6.84. The maximum atomic E-state index is 4.48. The summed E-state index contributed by atoms with van der Waals surface area (Å²) in [6, 6.07) is 4.52. The Morgan fingerprint density at radius 1 is 1.35 bits per heavy atom. The second kappa shape index (κ2) is 5.46. The summed E-state index contributed by atoms with van der Waals surface area (Å²) in [5.41, 5.74) is 3.41. The minimum absolute atomic E-state index is 0.375. The van der Waals surface area contributed by atoms with Crippen molar-refractivity contribution in [3.8, 4) is 0 Å². The average Bonchev–Trinajstić information content (AvgIpc) is 3.06. The van der Waals surface area contributed by atoms with Crippen molar-refractivity contribution < 1.29 is 0 Å². The number of nitrogens with one attached hydrogen (secondary N) is 1. The van der Waals surface area contributed by atoms with Crippen molar-refractivity contribution in [3.63, 3.8) is 0 Å². The minimum atomic E-state index is 0.375. The lowest BCUT2D eigenvalue weighted by Crippen LogP contribution is -2.30. The summed E-state index contributed by atoms with van der Waals surface area (Å²) >= 11 is 0. The highest BCUT2D eigenvalue weighted by Gasteiger charge is 2.07. The summed E-state index contributed by atoms with van der Waals surface area (Å²) in [6.07, 6.45) is 9.64. The first-order chi connectivity index (χ1) is 9.74. The average molecular weight is 269 g/mol. The normalized spacial score (nSPS) is 12.9. The molecule has 0 fully saturated rings. The lowest BCUT2D eigenvalue weighted by atomic mass is 10.3. The Morgan fingerprint density at radius 3 is 3.05 bits per heavy atom. The van der Waals surface area contributed by atoms with Crippen LogP contribution in [-0.2, 0) is 13.1 Å². The van der Waals surface area contributed by atoms with Crippen molar-refractivity contribution in [1.82, 2.24) is 24.3 Å². The van der Waals surface area contributed by atoms with Crippen LogP contribution in [0.15, 0.2) is 43.2 Å². The van der Waals surface area contributed by atoms with E-state index in [1.54, 1.807) is 6.20 Å². The first-order valence-electron chi connectivity index (χ1n) is 6.84. The van der Waals surface area contributed by atoms with Crippen molar-refractivity contribution >= 4 is 5.65 Å². The third kappa shape index (κ3) is 2.58. The summed E-state index contributed by atoms with van der Waals surface area (Å²) in [6.45, 7) is 5.98. The van der Waals surface area contributed by atoms with Gasteiger partial charge in [0.15, 0.2) is 0 Å². The number of aromatic nitrogens is 4. The fraction of sp³-hybridized carbons (Fsp3) is 0.333. The summed E-state index contributed by atoms with van der Waals surface area (Å²) in [5.74, 6) is 0. The molecule has 0 saturated carbocycles.